The third-order valence-electron chi connectivity index (χ3n) is 5.12. The number of benzene rings is 1. The van der Waals surface area contributed by atoms with Crippen LogP contribution in [0.1, 0.15) is 19.4 Å². The largest absolute Gasteiger partial charge is 0.497 e. The molecular formula is C19H27N3O5S. The van der Waals surface area contributed by atoms with Gasteiger partial charge in [-0.05, 0) is 17.7 Å². The number of methoxy groups -OCH3 is 1. The summed E-state index contributed by atoms with van der Waals surface area (Å²) in [5.41, 5.74) is 0.956. The van der Waals surface area contributed by atoms with Crippen molar-refractivity contribution < 1.29 is 17.6 Å². The summed E-state index contributed by atoms with van der Waals surface area (Å²) >= 11 is 0. The second-order valence-electron chi connectivity index (χ2n) is 6.72. The SMILES string of the molecule is CCN(CC)S(=O)(=O)N1CCN(Cc2cc(=O)oc3cc(OC)ccc23)CC1. The van der Waals surface area contributed by atoms with Gasteiger partial charge in [-0.3, -0.25) is 4.90 Å². The van der Waals surface area contributed by atoms with Gasteiger partial charge in [0.15, 0.2) is 0 Å². The van der Waals surface area contributed by atoms with Crippen LogP contribution in [0.25, 0.3) is 11.0 Å². The summed E-state index contributed by atoms with van der Waals surface area (Å²) in [6.07, 6.45) is 0. The first-order valence-corrected chi connectivity index (χ1v) is 10.9. The van der Waals surface area contributed by atoms with Gasteiger partial charge in [0.25, 0.3) is 10.2 Å². The van der Waals surface area contributed by atoms with Crippen molar-refractivity contribution in [3.05, 3.63) is 40.2 Å². The minimum absolute atomic E-state index is 0.404. The summed E-state index contributed by atoms with van der Waals surface area (Å²) in [5, 5.41) is 0.860. The molecule has 1 aliphatic rings. The number of ether oxygens (including phenoxy) is 1. The lowest BCUT2D eigenvalue weighted by Crippen LogP contribution is -2.52. The van der Waals surface area contributed by atoms with Crippen molar-refractivity contribution in [1.29, 1.82) is 0 Å². The van der Waals surface area contributed by atoms with Crippen LogP contribution < -0.4 is 10.4 Å². The van der Waals surface area contributed by atoms with Crippen molar-refractivity contribution in [3.8, 4) is 5.75 Å². The van der Waals surface area contributed by atoms with E-state index in [1.165, 1.54) is 10.4 Å². The number of piperazine rings is 1. The first-order chi connectivity index (χ1) is 13.4. The van der Waals surface area contributed by atoms with Gasteiger partial charge in [-0.1, -0.05) is 13.8 Å². The monoisotopic (exact) mass is 409 g/mol. The van der Waals surface area contributed by atoms with Crippen molar-refractivity contribution in [2.45, 2.75) is 20.4 Å². The Kier molecular flexibility index (Phi) is 6.39. The highest BCUT2D eigenvalue weighted by atomic mass is 32.2. The summed E-state index contributed by atoms with van der Waals surface area (Å²) < 4.78 is 38.8. The van der Waals surface area contributed by atoms with E-state index < -0.39 is 15.8 Å². The minimum atomic E-state index is -3.41. The maximum atomic E-state index is 12.7. The van der Waals surface area contributed by atoms with Crippen molar-refractivity contribution in [3.63, 3.8) is 0 Å². The molecule has 0 amide bonds. The Morgan fingerprint density at radius 2 is 1.79 bits per heavy atom. The van der Waals surface area contributed by atoms with E-state index in [1.54, 1.807) is 17.5 Å². The molecule has 154 valence electrons. The van der Waals surface area contributed by atoms with Crippen LogP contribution in [0.4, 0.5) is 0 Å². The van der Waals surface area contributed by atoms with E-state index >= 15 is 0 Å². The fourth-order valence-corrected chi connectivity index (χ4v) is 5.14. The zero-order chi connectivity index (χ0) is 20.3. The average Bonchev–Trinajstić information content (AvgIpc) is 2.68. The maximum absolute atomic E-state index is 12.7. The van der Waals surface area contributed by atoms with Crippen LogP contribution >= 0.6 is 0 Å². The average molecular weight is 410 g/mol. The van der Waals surface area contributed by atoms with E-state index in [1.807, 2.05) is 26.0 Å². The molecule has 8 nitrogen and oxygen atoms in total. The van der Waals surface area contributed by atoms with Crippen LogP contribution in [0.5, 0.6) is 5.75 Å². The van der Waals surface area contributed by atoms with Gasteiger partial charge in [-0.25, -0.2) is 4.79 Å². The predicted molar refractivity (Wildman–Crippen MR) is 108 cm³/mol. The number of hydrogen-bond acceptors (Lipinski definition) is 6. The lowest BCUT2D eigenvalue weighted by molar-refractivity contribution is 0.175. The van der Waals surface area contributed by atoms with Gasteiger partial charge in [-0.2, -0.15) is 17.0 Å². The summed E-state index contributed by atoms with van der Waals surface area (Å²) in [4.78, 5) is 14.1. The van der Waals surface area contributed by atoms with Crippen LogP contribution in [-0.2, 0) is 16.8 Å². The molecule has 3 rings (SSSR count). The molecule has 2 aromatic rings. The molecule has 1 aromatic heterocycles. The molecule has 0 unspecified atom stereocenters. The van der Waals surface area contributed by atoms with Gasteiger partial charge in [-0.15, -0.1) is 0 Å². The van der Waals surface area contributed by atoms with Gasteiger partial charge in [0.2, 0.25) is 0 Å². The molecule has 0 spiro atoms. The van der Waals surface area contributed by atoms with Gasteiger partial charge in [0, 0.05) is 63.3 Å². The fourth-order valence-electron chi connectivity index (χ4n) is 3.54. The maximum Gasteiger partial charge on any atom is 0.336 e. The van der Waals surface area contributed by atoms with Gasteiger partial charge in [0.1, 0.15) is 11.3 Å². The quantitative estimate of drug-likeness (QED) is 0.645. The molecule has 2 heterocycles. The van der Waals surface area contributed by atoms with Crippen LogP contribution in [0, 0.1) is 0 Å². The third-order valence-corrected chi connectivity index (χ3v) is 7.31. The summed E-state index contributed by atoms with van der Waals surface area (Å²) in [5.74, 6) is 0.628. The molecule has 0 aliphatic carbocycles. The molecule has 1 aliphatic heterocycles. The molecule has 1 saturated heterocycles. The summed E-state index contributed by atoms with van der Waals surface area (Å²) in [6.45, 7) is 7.28. The van der Waals surface area contributed by atoms with E-state index in [9.17, 15) is 13.2 Å². The molecule has 1 fully saturated rings. The van der Waals surface area contributed by atoms with E-state index in [0.717, 1.165) is 10.9 Å². The molecule has 28 heavy (non-hydrogen) atoms. The van der Waals surface area contributed by atoms with Gasteiger partial charge >= 0.3 is 5.63 Å². The molecule has 0 saturated carbocycles. The third kappa shape index (κ3) is 4.22. The Balaban J connectivity index is 1.74. The van der Waals surface area contributed by atoms with E-state index in [0.29, 0.717) is 57.1 Å². The van der Waals surface area contributed by atoms with Crippen molar-refractivity contribution >= 4 is 21.2 Å². The Bertz CT molecular complexity index is 977. The molecule has 1 aromatic carbocycles. The topological polar surface area (TPSA) is 83.3 Å². The van der Waals surface area contributed by atoms with Crippen LogP contribution in [-0.4, -0.2) is 68.3 Å². The molecule has 0 radical (unpaired) electrons. The smallest absolute Gasteiger partial charge is 0.336 e. The van der Waals surface area contributed by atoms with Crippen LogP contribution in [0.2, 0.25) is 0 Å². The Morgan fingerprint density at radius 3 is 2.39 bits per heavy atom. The highest BCUT2D eigenvalue weighted by Gasteiger charge is 2.30. The zero-order valence-corrected chi connectivity index (χ0v) is 17.4. The second kappa shape index (κ2) is 8.60. The van der Waals surface area contributed by atoms with Crippen LogP contribution in [0.3, 0.4) is 0 Å². The highest BCUT2D eigenvalue weighted by Crippen LogP contribution is 2.24. The number of nitrogens with zero attached hydrogens (tertiary/aromatic N) is 3. The number of hydrogen-bond donors (Lipinski definition) is 0. The Hall–Kier alpha value is -1.94. The van der Waals surface area contributed by atoms with Crippen molar-refractivity contribution in [1.82, 2.24) is 13.5 Å². The fraction of sp³-hybridized carbons (Fsp3) is 0.526. The van der Waals surface area contributed by atoms with Crippen molar-refractivity contribution in [2.75, 3.05) is 46.4 Å². The summed E-state index contributed by atoms with van der Waals surface area (Å²) in [7, 11) is -1.84. The van der Waals surface area contributed by atoms with E-state index in [2.05, 4.69) is 4.90 Å². The number of rotatable bonds is 7. The second-order valence-corrected chi connectivity index (χ2v) is 8.65. The standard InChI is InChI=1S/C19H27N3O5S/c1-4-21(5-2)28(24,25)22-10-8-20(9-11-22)14-15-12-19(23)27-18-13-16(26-3)6-7-17(15)18/h6-7,12-13H,4-5,8-11,14H2,1-3H3. The Labute approximate surface area is 165 Å². The lowest BCUT2D eigenvalue weighted by Gasteiger charge is -2.36. The van der Waals surface area contributed by atoms with Gasteiger partial charge in [0.05, 0.1) is 7.11 Å². The van der Waals surface area contributed by atoms with Crippen LogP contribution in [0.15, 0.2) is 33.5 Å². The molecule has 0 atom stereocenters. The zero-order valence-electron chi connectivity index (χ0n) is 16.6. The lowest BCUT2D eigenvalue weighted by atomic mass is 10.1. The minimum Gasteiger partial charge on any atom is -0.497 e. The highest BCUT2D eigenvalue weighted by molar-refractivity contribution is 7.86. The van der Waals surface area contributed by atoms with Crippen molar-refractivity contribution in [2.24, 2.45) is 0 Å². The predicted octanol–water partition coefficient (Wildman–Crippen LogP) is 1.51. The molecule has 0 N–H and O–H groups in total. The van der Waals surface area contributed by atoms with E-state index in [4.69, 9.17) is 9.15 Å². The number of fused-ring (bicyclic) bond motifs is 1. The van der Waals surface area contributed by atoms with E-state index in [-0.39, 0.29) is 0 Å². The first-order valence-electron chi connectivity index (χ1n) is 9.47. The first kappa shape index (κ1) is 20.8. The normalized spacial score (nSPS) is 16.7. The molecular weight excluding hydrogens is 382 g/mol. The van der Waals surface area contributed by atoms with Gasteiger partial charge < -0.3 is 9.15 Å². The molecule has 0 bridgehead atoms. The molecule has 9 heteroatoms. The Morgan fingerprint density at radius 1 is 1.11 bits per heavy atom. The summed E-state index contributed by atoms with van der Waals surface area (Å²) in [6, 6.07) is 6.93.